The summed E-state index contributed by atoms with van der Waals surface area (Å²) in [7, 11) is -3.46. The minimum atomic E-state index is -3.46. The highest BCUT2D eigenvalue weighted by atomic mass is 35.5. The van der Waals surface area contributed by atoms with Crippen molar-refractivity contribution in [2.24, 2.45) is 5.92 Å². The van der Waals surface area contributed by atoms with Crippen LogP contribution in [-0.2, 0) is 10.0 Å². The Bertz CT molecular complexity index is 743. The Labute approximate surface area is 144 Å². The van der Waals surface area contributed by atoms with E-state index in [1.165, 1.54) is 6.07 Å². The molecule has 0 spiro atoms. The van der Waals surface area contributed by atoms with Gasteiger partial charge in [0.05, 0.1) is 4.34 Å². The second-order valence-corrected chi connectivity index (χ2v) is 9.10. The summed E-state index contributed by atoms with van der Waals surface area (Å²) in [6, 6.07) is 4.92. The molecule has 1 aliphatic rings. The lowest BCUT2D eigenvalue weighted by molar-refractivity contribution is 0.399. The molecule has 23 heavy (non-hydrogen) atoms. The minimum Gasteiger partial charge on any atom is -0.341 e. The van der Waals surface area contributed by atoms with Crippen molar-refractivity contribution in [3.63, 3.8) is 0 Å². The van der Waals surface area contributed by atoms with Crippen LogP contribution in [0.5, 0.6) is 0 Å². The van der Waals surface area contributed by atoms with E-state index in [4.69, 9.17) is 11.6 Å². The fourth-order valence-corrected chi connectivity index (χ4v) is 5.18. The number of aromatic nitrogens is 2. The molecule has 1 N–H and O–H groups in total. The molecule has 2 aromatic heterocycles. The van der Waals surface area contributed by atoms with Crippen LogP contribution < -0.4 is 9.62 Å². The maximum Gasteiger partial charge on any atom is 0.250 e. The predicted molar refractivity (Wildman–Crippen MR) is 91.5 cm³/mol. The molecule has 2 aromatic rings. The standard InChI is InChI=1S/C14H17ClN4O2S2/c15-12-2-3-13(22-12)23(20,21)18-10-11-4-8-19(9-5-11)14-16-6-1-7-17-14/h1-3,6-7,11,18H,4-5,8-10H2. The molecule has 0 unspecified atom stereocenters. The van der Waals surface area contributed by atoms with Gasteiger partial charge in [-0.25, -0.2) is 23.1 Å². The smallest absolute Gasteiger partial charge is 0.250 e. The molecular formula is C14H17ClN4O2S2. The minimum absolute atomic E-state index is 0.262. The first-order valence-corrected chi connectivity index (χ1v) is 9.99. The summed E-state index contributed by atoms with van der Waals surface area (Å²) in [5.74, 6) is 1.06. The second-order valence-electron chi connectivity index (χ2n) is 5.39. The number of thiophene rings is 1. The number of hydrogen-bond acceptors (Lipinski definition) is 6. The van der Waals surface area contributed by atoms with Crippen molar-refractivity contribution in [2.75, 3.05) is 24.5 Å². The molecule has 0 saturated carbocycles. The highest BCUT2D eigenvalue weighted by molar-refractivity contribution is 7.91. The molecule has 124 valence electrons. The van der Waals surface area contributed by atoms with Crippen LogP contribution >= 0.6 is 22.9 Å². The maximum absolute atomic E-state index is 12.2. The lowest BCUT2D eigenvalue weighted by Crippen LogP contribution is -2.39. The molecule has 0 radical (unpaired) electrons. The Hall–Kier alpha value is -1.22. The van der Waals surface area contributed by atoms with Crippen molar-refractivity contribution < 1.29 is 8.42 Å². The molecule has 3 heterocycles. The van der Waals surface area contributed by atoms with Gasteiger partial charge >= 0.3 is 0 Å². The van der Waals surface area contributed by atoms with Gasteiger partial charge < -0.3 is 4.90 Å². The van der Waals surface area contributed by atoms with E-state index in [1.54, 1.807) is 24.5 Å². The molecule has 0 atom stereocenters. The Kier molecular flexibility index (Phi) is 5.15. The van der Waals surface area contributed by atoms with Gasteiger partial charge in [0, 0.05) is 32.0 Å². The SMILES string of the molecule is O=S(=O)(NCC1CCN(c2ncccn2)CC1)c1ccc(Cl)s1. The van der Waals surface area contributed by atoms with E-state index in [0.717, 1.165) is 43.2 Å². The average molecular weight is 373 g/mol. The summed E-state index contributed by atoms with van der Waals surface area (Å²) in [6.07, 6.45) is 5.28. The van der Waals surface area contributed by atoms with Crippen LogP contribution in [0, 0.1) is 5.92 Å². The number of rotatable bonds is 5. The first kappa shape index (κ1) is 16.6. The van der Waals surface area contributed by atoms with Crippen molar-refractivity contribution >= 4 is 38.9 Å². The highest BCUT2D eigenvalue weighted by Gasteiger charge is 2.23. The van der Waals surface area contributed by atoms with Gasteiger partial charge in [-0.15, -0.1) is 11.3 Å². The van der Waals surface area contributed by atoms with Gasteiger partial charge in [-0.3, -0.25) is 0 Å². The largest absolute Gasteiger partial charge is 0.341 e. The third-order valence-electron chi connectivity index (χ3n) is 3.82. The quantitative estimate of drug-likeness (QED) is 0.872. The lowest BCUT2D eigenvalue weighted by atomic mass is 9.97. The molecule has 3 rings (SSSR count). The van der Waals surface area contributed by atoms with Crippen LogP contribution in [-0.4, -0.2) is 38.0 Å². The lowest BCUT2D eigenvalue weighted by Gasteiger charge is -2.31. The van der Waals surface area contributed by atoms with Gasteiger partial charge in [0.1, 0.15) is 4.21 Å². The topological polar surface area (TPSA) is 75.2 Å². The summed E-state index contributed by atoms with van der Waals surface area (Å²) in [5, 5.41) is 0. The average Bonchev–Trinajstić information content (AvgIpc) is 3.02. The van der Waals surface area contributed by atoms with Gasteiger partial charge in [-0.05, 0) is 37.0 Å². The van der Waals surface area contributed by atoms with Crippen molar-refractivity contribution in [1.29, 1.82) is 0 Å². The molecular weight excluding hydrogens is 356 g/mol. The van der Waals surface area contributed by atoms with Gasteiger partial charge in [0.25, 0.3) is 0 Å². The molecule has 0 amide bonds. The number of anilines is 1. The van der Waals surface area contributed by atoms with Crippen LogP contribution in [0.1, 0.15) is 12.8 Å². The molecule has 1 saturated heterocycles. The van der Waals surface area contributed by atoms with Crippen molar-refractivity contribution in [1.82, 2.24) is 14.7 Å². The van der Waals surface area contributed by atoms with E-state index in [9.17, 15) is 8.42 Å². The third kappa shape index (κ3) is 4.20. The Morgan fingerprint density at radius 2 is 1.96 bits per heavy atom. The van der Waals surface area contributed by atoms with E-state index < -0.39 is 10.0 Å². The summed E-state index contributed by atoms with van der Waals surface area (Å²) >= 11 is 6.87. The molecule has 1 aliphatic heterocycles. The summed E-state index contributed by atoms with van der Waals surface area (Å²) in [6.45, 7) is 2.11. The van der Waals surface area contributed by atoms with E-state index in [1.807, 2.05) is 0 Å². The van der Waals surface area contributed by atoms with Gasteiger partial charge in [0.2, 0.25) is 16.0 Å². The van der Waals surface area contributed by atoms with Crippen LogP contribution in [0.25, 0.3) is 0 Å². The number of halogens is 1. The molecule has 0 aliphatic carbocycles. The van der Waals surface area contributed by atoms with E-state index >= 15 is 0 Å². The van der Waals surface area contributed by atoms with Gasteiger partial charge in [-0.2, -0.15) is 0 Å². The van der Waals surface area contributed by atoms with Crippen LogP contribution in [0.3, 0.4) is 0 Å². The number of hydrogen-bond donors (Lipinski definition) is 1. The van der Waals surface area contributed by atoms with Crippen LogP contribution in [0.2, 0.25) is 4.34 Å². The number of nitrogens with zero attached hydrogens (tertiary/aromatic N) is 3. The zero-order chi connectivity index (χ0) is 16.3. The molecule has 0 aromatic carbocycles. The van der Waals surface area contributed by atoms with Gasteiger partial charge in [-0.1, -0.05) is 11.6 Å². The Balaban J connectivity index is 1.51. The predicted octanol–water partition coefficient (Wildman–Crippen LogP) is 2.39. The number of piperidine rings is 1. The number of sulfonamides is 1. The van der Waals surface area contributed by atoms with Gasteiger partial charge in [0.15, 0.2) is 0 Å². The monoisotopic (exact) mass is 372 g/mol. The molecule has 9 heteroatoms. The zero-order valence-electron chi connectivity index (χ0n) is 12.4. The molecule has 0 bridgehead atoms. The molecule has 6 nitrogen and oxygen atoms in total. The van der Waals surface area contributed by atoms with E-state index in [2.05, 4.69) is 19.6 Å². The zero-order valence-corrected chi connectivity index (χ0v) is 14.7. The summed E-state index contributed by atoms with van der Waals surface area (Å²) in [5.41, 5.74) is 0. The maximum atomic E-state index is 12.2. The fraction of sp³-hybridized carbons (Fsp3) is 0.429. The Morgan fingerprint density at radius 1 is 1.26 bits per heavy atom. The van der Waals surface area contributed by atoms with E-state index in [-0.39, 0.29) is 4.21 Å². The van der Waals surface area contributed by atoms with Crippen molar-refractivity contribution in [3.8, 4) is 0 Å². The summed E-state index contributed by atoms with van der Waals surface area (Å²) < 4.78 is 27.8. The first-order valence-electron chi connectivity index (χ1n) is 7.31. The third-order valence-corrected chi connectivity index (χ3v) is 6.97. The molecule has 1 fully saturated rings. The van der Waals surface area contributed by atoms with Crippen LogP contribution in [0.4, 0.5) is 5.95 Å². The van der Waals surface area contributed by atoms with Crippen LogP contribution in [0.15, 0.2) is 34.8 Å². The van der Waals surface area contributed by atoms with Crippen molar-refractivity contribution in [2.45, 2.75) is 17.1 Å². The first-order chi connectivity index (χ1) is 11.0. The Morgan fingerprint density at radius 3 is 2.57 bits per heavy atom. The number of nitrogens with one attached hydrogen (secondary N) is 1. The summed E-state index contributed by atoms with van der Waals surface area (Å²) in [4.78, 5) is 10.6. The normalized spacial score (nSPS) is 16.7. The van der Waals surface area contributed by atoms with Crippen molar-refractivity contribution in [3.05, 3.63) is 34.9 Å². The second kappa shape index (κ2) is 7.12. The highest BCUT2D eigenvalue weighted by Crippen LogP contribution is 2.26. The fourth-order valence-electron chi connectivity index (χ4n) is 2.53. The van der Waals surface area contributed by atoms with E-state index in [0.29, 0.717) is 16.8 Å².